The Morgan fingerprint density at radius 2 is 1.66 bits per heavy atom. The molecule has 6 N–H and O–H groups in total. The number of hydrogen-bond acceptors (Lipinski definition) is 12. The molecule has 328 valence electrons. The van der Waals surface area contributed by atoms with Gasteiger partial charge in [-0.05, 0) is 111 Å². The second-order valence-corrected chi connectivity index (χ2v) is 20.1. The van der Waals surface area contributed by atoms with Crippen LogP contribution in [0.1, 0.15) is 103 Å². The van der Waals surface area contributed by atoms with Gasteiger partial charge in [-0.1, -0.05) is 57.5 Å². The highest BCUT2D eigenvalue weighted by atomic mass is 16.7. The highest BCUT2D eigenvalue weighted by Gasteiger charge is 2.69. The van der Waals surface area contributed by atoms with Gasteiger partial charge in [-0.3, -0.25) is 4.79 Å². The zero-order valence-corrected chi connectivity index (χ0v) is 35.2. The van der Waals surface area contributed by atoms with Gasteiger partial charge in [0, 0.05) is 17.9 Å². The lowest BCUT2D eigenvalue weighted by molar-refractivity contribution is -0.347. The van der Waals surface area contributed by atoms with Crippen LogP contribution >= 0.6 is 0 Å². The molecule has 1 amide bonds. The SMILES string of the molecule is C[C@@H]1CC[C@@]2(OC1)O[C@H]1C[C@H]3[C@@H]4CC=C5C[C@@H](O[C@@H]6O[C@H](CO)[C@@H](O[C@@H]7O[C@@H](C)[C@H](O)[C@@H](O)[C@H]7O)[C@H](O)[C@H]6NC(=O)c6ccccc6)CC[C@]5(C)[C@H]4CC[C@]3(C)[C@H]1[C@@H]2C. The van der Waals surface area contributed by atoms with Crippen LogP contribution in [-0.4, -0.2) is 124 Å². The summed E-state index contributed by atoms with van der Waals surface area (Å²) >= 11 is 0. The Morgan fingerprint density at radius 3 is 2.39 bits per heavy atom. The fourth-order valence-corrected chi connectivity index (χ4v) is 13.6. The first kappa shape index (κ1) is 42.3. The molecule has 59 heavy (non-hydrogen) atoms. The molecule has 0 aromatic heterocycles. The minimum Gasteiger partial charge on any atom is -0.394 e. The maximum Gasteiger partial charge on any atom is 0.251 e. The van der Waals surface area contributed by atoms with E-state index in [4.69, 9.17) is 28.4 Å². The maximum atomic E-state index is 13.6. The van der Waals surface area contributed by atoms with E-state index in [1.54, 1.807) is 30.3 Å². The van der Waals surface area contributed by atoms with Crippen molar-refractivity contribution in [3.8, 4) is 0 Å². The van der Waals surface area contributed by atoms with Crippen molar-refractivity contribution in [1.29, 1.82) is 0 Å². The first-order valence-corrected chi connectivity index (χ1v) is 22.5. The van der Waals surface area contributed by atoms with E-state index in [-0.39, 0.29) is 23.0 Å². The summed E-state index contributed by atoms with van der Waals surface area (Å²) in [5.74, 6) is 2.39. The zero-order chi connectivity index (χ0) is 41.6. The standard InChI is InChI=1S/C46H67NO12/c1-23-13-18-46(54-22-23)24(2)34-32(59-46)20-31-29-12-11-27-19-28(14-16-44(27,4)30(29)15-17-45(31,34)5)56-42-35(47-41(53)26-9-7-6-8-10-26)37(50)40(33(21-48)57-42)58-43-39(52)38(51)36(49)25(3)55-43/h6-11,23-25,28-40,42-43,48-52H,12-22H2,1-5H3,(H,47,53)/t23-,24+,25+,28+,29-,30+,31+,32+,33-,34+,35-,36+,37-,38-,39-,40-,42-,43+,44+,45+,46-/m1/s1. The van der Waals surface area contributed by atoms with Gasteiger partial charge in [-0.2, -0.15) is 0 Å². The third-order valence-electron chi connectivity index (χ3n) is 16.9. The van der Waals surface area contributed by atoms with Gasteiger partial charge in [-0.15, -0.1) is 0 Å². The lowest BCUT2D eigenvalue weighted by Crippen LogP contribution is -2.67. The summed E-state index contributed by atoms with van der Waals surface area (Å²) in [6.07, 6.45) is -0.355. The molecule has 4 aliphatic heterocycles. The van der Waals surface area contributed by atoms with Gasteiger partial charge in [0.05, 0.1) is 31.5 Å². The van der Waals surface area contributed by atoms with E-state index in [0.717, 1.165) is 45.1 Å². The van der Waals surface area contributed by atoms with E-state index in [9.17, 15) is 30.3 Å². The van der Waals surface area contributed by atoms with Crippen molar-refractivity contribution in [2.24, 2.45) is 46.3 Å². The third-order valence-corrected chi connectivity index (χ3v) is 16.9. The molecule has 13 nitrogen and oxygen atoms in total. The van der Waals surface area contributed by atoms with Gasteiger partial charge in [-0.25, -0.2) is 0 Å². The number of fused-ring (bicyclic) bond motifs is 7. The average molecular weight is 826 g/mol. The zero-order valence-electron chi connectivity index (χ0n) is 35.2. The molecule has 4 heterocycles. The fourth-order valence-electron chi connectivity index (χ4n) is 13.6. The Hall–Kier alpha value is -2.01. The Bertz CT molecular complexity index is 1710. The molecular weight excluding hydrogens is 759 g/mol. The van der Waals surface area contributed by atoms with E-state index >= 15 is 0 Å². The molecule has 4 aliphatic carbocycles. The second kappa shape index (κ2) is 16.0. The van der Waals surface area contributed by atoms with Crippen LogP contribution in [-0.2, 0) is 28.4 Å². The summed E-state index contributed by atoms with van der Waals surface area (Å²) in [5.41, 5.74) is 2.05. The predicted octanol–water partition coefficient (Wildman–Crippen LogP) is 3.83. The Morgan fingerprint density at radius 1 is 0.881 bits per heavy atom. The molecule has 0 unspecified atom stereocenters. The van der Waals surface area contributed by atoms with Crippen molar-refractivity contribution in [3.05, 3.63) is 47.5 Å². The summed E-state index contributed by atoms with van der Waals surface area (Å²) in [5, 5.41) is 56.8. The molecule has 13 heteroatoms. The summed E-state index contributed by atoms with van der Waals surface area (Å²) in [4.78, 5) is 13.6. The summed E-state index contributed by atoms with van der Waals surface area (Å²) < 4.78 is 38.4. The van der Waals surface area contributed by atoms with E-state index in [1.807, 2.05) is 0 Å². The molecule has 0 bridgehead atoms. The van der Waals surface area contributed by atoms with Crippen LogP contribution in [0.4, 0.5) is 0 Å². The number of carbonyl (C=O) groups is 1. The molecule has 9 rings (SSSR count). The van der Waals surface area contributed by atoms with Gasteiger partial charge in [0.15, 0.2) is 18.4 Å². The number of amides is 1. The number of nitrogens with one attached hydrogen (secondary N) is 1. The summed E-state index contributed by atoms with van der Waals surface area (Å²) in [6.45, 7) is 11.4. The second-order valence-electron chi connectivity index (χ2n) is 20.1. The molecule has 0 radical (unpaired) electrons. The van der Waals surface area contributed by atoms with Gasteiger partial charge in [0.1, 0.15) is 42.7 Å². The van der Waals surface area contributed by atoms with Crippen LogP contribution in [0.15, 0.2) is 42.0 Å². The molecular formula is C46H67NO12. The van der Waals surface area contributed by atoms with Crippen LogP contribution in [0.25, 0.3) is 0 Å². The lowest BCUT2D eigenvalue weighted by Gasteiger charge is -2.58. The number of ether oxygens (including phenoxy) is 6. The van der Waals surface area contributed by atoms with E-state index < -0.39 is 79.7 Å². The minimum atomic E-state index is -1.64. The normalized spacial score (nSPS) is 51.9. The van der Waals surface area contributed by atoms with Crippen molar-refractivity contribution in [3.63, 3.8) is 0 Å². The highest BCUT2D eigenvalue weighted by Crippen LogP contribution is 2.70. The number of aliphatic hydroxyl groups excluding tert-OH is 5. The molecule has 21 atom stereocenters. The number of benzene rings is 1. The van der Waals surface area contributed by atoms with Crippen LogP contribution in [0, 0.1) is 46.3 Å². The number of rotatable bonds is 7. The lowest BCUT2D eigenvalue weighted by atomic mass is 9.47. The van der Waals surface area contributed by atoms with Gasteiger partial charge in [0.25, 0.3) is 5.91 Å². The van der Waals surface area contributed by atoms with Crippen molar-refractivity contribution < 1.29 is 58.7 Å². The van der Waals surface area contributed by atoms with Crippen molar-refractivity contribution >= 4 is 5.91 Å². The van der Waals surface area contributed by atoms with Gasteiger partial charge in [0.2, 0.25) is 0 Å². The molecule has 7 fully saturated rings. The molecule has 1 aromatic rings. The summed E-state index contributed by atoms with van der Waals surface area (Å²) in [7, 11) is 0. The largest absolute Gasteiger partial charge is 0.394 e. The molecule has 4 saturated heterocycles. The van der Waals surface area contributed by atoms with E-state index in [0.29, 0.717) is 47.5 Å². The van der Waals surface area contributed by atoms with Crippen LogP contribution in [0.2, 0.25) is 0 Å². The first-order valence-electron chi connectivity index (χ1n) is 22.5. The summed E-state index contributed by atoms with van der Waals surface area (Å²) in [6, 6.07) is 7.49. The first-order chi connectivity index (χ1) is 28.2. The number of allylic oxidation sites excluding steroid dienone is 1. The number of carbonyl (C=O) groups excluding carboxylic acids is 1. The quantitative estimate of drug-likeness (QED) is 0.219. The van der Waals surface area contributed by atoms with Crippen molar-refractivity contribution in [2.45, 2.75) is 172 Å². The van der Waals surface area contributed by atoms with Crippen LogP contribution in [0.5, 0.6) is 0 Å². The minimum absolute atomic E-state index is 0.0364. The molecule has 3 saturated carbocycles. The Labute approximate surface area is 348 Å². The van der Waals surface area contributed by atoms with E-state index in [1.165, 1.54) is 25.3 Å². The Balaban J connectivity index is 0.909. The fraction of sp³-hybridized carbons (Fsp3) is 0.804. The number of aliphatic hydroxyl groups is 5. The van der Waals surface area contributed by atoms with Crippen LogP contribution in [0.3, 0.4) is 0 Å². The van der Waals surface area contributed by atoms with Crippen molar-refractivity contribution in [1.82, 2.24) is 5.32 Å². The molecule has 1 spiro atoms. The predicted molar refractivity (Wildman–Crippen MR) is 213 cm³/mol. The topological polar surface area (TPSA) is 186 Å². The molecule has 8 aliphatic rings. The van der Waals surface area contributed by atoms with Gasteiger partial charge >= 0.3 is 0 Å². The van der Waals surface area contributed by atoms with E-state index in [2.05, 4.69) is 39.1 Å². The van der Waals surface area contributed by atoms with Crippen LogP contribution < -0.4 is 5.32 Å². The highest BCUT2D eigenvalue weighted by molar-refractivity contribution is 5.94. The van der Waals surface area contributed by atoms with Gasteiger partial charge < -0.3 is 59.3 Å². The number of hydrogen-bond donors (Lipinski definition) is 6. The average Bonchev–Trinajstić information content (AvgIpc) is 3.68. The maximum absolute atomic E-state index is 13.6. The molecule has 1 aromatic carbocycles. The monoisotopic (exact) mass is 825 g/mol. The smallest absolute Gasteiger partial charge is 0.251 e. The Kier molecular flexibility index (Phi) is 11.4. The third kappa shape index (κ3) is 7.06. The van der Waals surface area contributed by atoms with Crippen molar-refractivity contribution in [2.75, 3.05) is 13.2 Å².